The number of hydrogen-bond acceptors (Lipinski definition) is 3. The highest BCUT2D eigenvalue weighted by Gasteiger charge is 2.20. The maximum Gasteiger partial charge on any atom is 0.202 e. The molecule has 0 aromatic carbocycles. The van der Waals surface area contributed by atoms with Crippen LogP contribution in [0.1, 0.15) is 18.3 Å². The van der Waals surface area contributed by atoms with Crippen molar-refractivity contribution < 1.29 is 8.42 Å². The van der Waals surface area contributed by atoms with Crippen LogP contribution in [0.2, 0.25) is 0 Å². The summed E-state index contributed by atoms with van der Waals surface area (Å²) in [5, 5.41) is 5.09. The highest BCUT2D eigenvalue weighted by atomic mass is 32.2. The number of sulfone groups is 1. The molecule has 78 valence electrons. The van der Waals surface area contributed by atoms with Gasteiger partial charge in [-0.1, -0.05) is 6.58 Å². The molecule has 0 aliphatic heterocycles. The van der Waals surface area contributed by atoms with Crippen molar-refractivity contribution in [1.82, 2.24) is 9.78 Å². The van der Waals surface area contributed by atoms with Gasteiger partial charge >= 0.3 is 0 Å². The predicted octanol–water partition coefficient (Wildman–Crippen LogP) is 1.44. The monoisotopic (exact) mass is 214 g/mol. The Bertz CT molecular complexity index is 457. The van der Waals surface area contributed by atoms with Crippen molar-refractivity contribution in [3.8, 4) is 0 Å². The van der Waals surface area contributed by atoms with E-state index in [0.29, 0.717) is 17.9 Å². The van der Waals surface area contributed by atoms with Gasteiger partial charge in [0.15, 0.2) is 0 Å². The first kappa shape index (κ1) is 11.0. The fraction of sp³-hybridized carbons (Fsp3) is 0.444. The number of hydrogen-bond donors (Lipinski definition) is 0. The first-order chi connectivity index (χ1) is 6.44. The van der Waals surface area contributed by atoms with E-state index in [-0.39, 0.29) is 4.90 Å². The topological polar surface area (TPSA) is 52.0 Å². The standard InChI is InChI=1S/C9H14N2O2S/c1-5-11-8(4)9(7(3)10-11)14(12,13)6-2/h6H,2,5H2,1,3-4H3. The molecule has 0 amide bonds. The molecule has 0 aliphatic rings. The van der Waals surface area contributed by atoms with Gasteiger partial charge in [-0.15, -0.1) is 0 Å². The van der Waals surface area contributed by atoms with Crippen LogP contribution in [0, 0.1) is 13.8 Å². The summed E-state index contributed by atoms with van der Waals surface area (Å²) in [7, 11) is -3.37. The first-order valence-corrected chi connectivity index (χ1v) is 5.90. The van der Waals surface area contributed by atoms with E-state index in [9.17, 15) is 8.42 Å². The second kappa shape index (κ2) is 3.57. The molecule has 1 aromatic heterocycles. The van der Waals surface area contributed by atoms with Crippen LogP contribution in [0.25, 0.3) is 0 Å². The fourth-order valence-electron chi connectivity index (χ4n) is 1.48. The zero-order valence-electron chi connectivity index (χ0n) is 8.61. The fourth-order valence-corrected chi connectivity index (χ4v) is 2.62. The minimum Gasteiger partial charge on any atom is -0.269 e. The van der Waals surface area contributed by atoms with E-state index in [1.807, 2.05) is 6.92 Å². The van der Waals surface area contributed by atoms with E-state index in [2.05, 4.69) is 11.7 Å². The molecule has 0 spiro atoms. The minimum absolute atomic E-state index is 0.286. The molecule has 5 heteroatoms. The van der Waals surface area contributed by atoms with Crippen LogP contribution in [0.15, 0.2) is 16.9 Å². The molecule has 1 rings (SSSR count). The van der Waals surface area contributed by atoms with Gasteiger partial charge in [-0.25, -0.2) is 8.42 Å². The molecule has 0 radical (unpaired) electrons. The van der Waals surface area contributed by atoms with Crippen LogP contribution in [0.3, 0.4) is 0 Å². The van der Waals surface area contributed by atoms with E-state index < -0.39 is 9.84 Å². The van der Waals surface area contributed by atoms with Gasteiger partial charge in [0.1, 0.15) is 4.90 Å². The molecule has 1 aromatic rings. The quantitative estimate of drug-likeness (QED) is 0.765. The van der Waals surface area contributed by atoms with Crippen LogP contribution in [0.4, 0.5) is 0 Å². The van der Waals surface area contributed by atoms with Gasteiger partial charge < -0.3 is 0 Å². The van der Waals surface area contributed by atoms with Crippen molar-refractivity contribution in [2.45, 2.75) is 32.2 Å². The average Bonchev–Trinajstić information content (AvgIpc) is 2.41. The number of rotatable bonds is 3. The number of nitrogens with zero attached hydrogens (tertiary/aromatic N) is 2. The van der Waals surface area contributed by atoms with Crippen LogP contribution >= 0.6 is 0 Å². The Balaban J connectivity index is 3.50. The molecular formula is C9H14N2O2S. The van der Waals surface area contributed by atoms with Gasteiger partial charge in [-0.05, 0) is 20.8 Å². The largest absolute Gasteiger partial charge is 0.269 e. The second-order valence-electron chi connectivity index (χ2n) is 3.03. The molecule has 0 saturated heterocycles. The van der Waals surface area contributed by atoms with E-state index in [1.165, 1.54) is 0 Å². The Hall–Kier alpha value is -1.10. The lowest BCUT2D eigenvalue weighted by Crippen LogP contribution is -2.02. The maximum absolute atomic E-state index is 11.6. The molecular weight excluding hydrogens is 200 g/mol. The summed E-state index contributed by atoms with van der Waals surface area (Å²) < 4.78 is 24.9. The SMILES string of the molecule is C=CS(=O)(=O)c1c(C)nn(CC)c1C. The summed E-state index contributed by atoms with van der Waals surface area (Å²) in [4.78, 5) is 0.286. The van der Waals surface area contributed by atoms with Gasteiger partial charge in [-0.3, -0.25) is 4.68 Å². The van der Waals surface area contributed by atoms with Gasteiger partial charge in [0, 0.05) is 12.0 Å². The minimum atomic E-state index is -3.37. The maximum atomic E-state index is 11.6. The van der Waals surface area contributed by atoms with Gasteiger partial charge in [-0.2, -0.15) is 5.10 Å². The van der Waals surface area contributed by atoms with Crippen molar-refractivity contribution in [2.75, 3.05) is 0 Å². The molecule has 1 heterocycles. The molecule has 0 atom stereocenters. The number of aromatic nitrogens is 2. The molecule has 0 fully saturated rings. The zero-order valence-corrected chi connectivity index (χ0v) is 9.43. The Labute approximate surface area is 84.2 Å². The molecule has 0 bridgehead atoms. The van der Waals surface area contributed by atoms with Crippen LogP contribution < -0.4 is 0 Å². The molecule has 4 nitrogen and oxygen atoms in total. The predicted molar refractivity (Wildman–Crippen MR) is 54.8 cm³/mol. The molecule has 0 unspecified atom stereocenters. The van der Waals surface area contributed by atoms with Crippen molar-refractivity contribution in [2.24, 2.45) is 0 Å². The lowest BCUT2D eigenvalue weighted by molar-refractivity contribution is 0.601. The number of aryl methyl sites for hydroxylation is 2. The smallest absolute Gasteiger partial charge is 0.202 e. The zero-order chi connectivity index (χ0) is 10.9. The Morgan fingerprint density at radius 1 is 1.50 bits per heavy atom. The summed E-state index contributed by atoms with van der Waals surface area (Å²) >= 11 is 0. The Morgan fingerprint density at radius 3 is 2.43 bits per heavy atom. The van der Waals surface area contributed by atoms with E-state index in [1.54, 1.807) is 18.5 Å². The normalized spacial score (nSPS) is 11.6. The Kier molecular flexibility index (Phi) is 2.80. The molecule has 0 N–H and O–H groups in total. The summed E-state index contributed by atoms with van der Waals surface area (Å²) in [6.07, 6.45) is 0. The molecule has 0 aliphatic carbocycles. The third-order valence-electron chi connectivity index (χ3n) is 2.12. The summed E-state index contributed by atoms with van der Waals surface area (Å²) in [5.41, 5.74) is 1.20. The van der Waals surface area contributed by atoms with Crippen molar-refractivity contribution >= 4 is 9.84 Å². The van der Waals surface area contributed by atoms with Crippen molar-refractivity contribution in [3.63, 3.8) is 0 Å². The second-order valence-corrected chi connectivity index (χ2v) is 4.86. The first-order valence-electron chi connectivity index (χ1n) is 4.35. The van der Waals surface area contributed by atoms with E-state index in [0.717, 1.165) is 5.41 Å². The summed E-state index contributed by atoms with van der Waals surface area (Å²) in [6.45, 7) is 9.33. The lowest BCUT2D eigenvalue weighted by Gasteiger charge is -2.00. The lowest BCUT2D eigenvalue weighted by atomic mass is 10.4. The highest BCUT2D eigenvalue weighted by molar-refractivity contribution is 7.94. The van der Waals surface area contributed by atoms with E-state index in [4.69, 9.17) is 0 Å². The van der Waals surface area contributed by atoms with Gasteiger partial charge in [0.25, 0.3) is 0 Å². The van der Waals surface area contributed by atoms with E-state index >= 15 is 0 Å². The third-order valence-corrected chi connectivity index (χ3v) is 3.72. The molecule has 0 saturated carbocycles. The third kappa shape index (κ3) is 1.59. The molecule has 14 heavy (non-hydrogen) atoms. The van der Waals surface area contributed by atoms with Gasteiger partial charge in [0.2, 0.25) is 9.84 Å². The van der Waals surface area contributed by atoms with Crippen LogP contribution in [-0.2, 0) is 16.4 Å². The van der Waals surface area contributed by atoms with Crippen LogP contribution in [-0.4, -0.2) is 18.2 Å². The average molecular weight is 214 g/mol. The Morgan fingerprint density at radius 2 is 2.07 bits per heavy atom. The van der Waals surface area contributed by atoms with Crippen molar-refractivity contribution in [1.29, 1.82) is 0 Å². The van der Waals surface area contributed by atoms with Crippen LogP contribution in [0.5, 0.6) is 0 Å². The van der Waals surface area contributed by atoms with Gasteiger partial charge in [0.05, 0.1) is 11.4 Å². The summed E-state index contributed by atoms with van der Waals surface area (Å²) in [5.74, 6) is 0. The van der Waals surface area contributed by atoms with Crippen molar-refractivity contribution in [3.05, 3.63) is 23.4 Å². The highest BCUT2D eigenvalue weighted by Crippen LogP contribution is 2.20. The summed E-state index contributed by atoms with van der Waals surface area (Å²) in [6, 6.07) is 0.